The van der Waals surface area contributed by atoms with Crippen molar-refractivity contribution in [2.24, 2.45) is 0 Å². The van der Waals surface area contributed by atoms with Gasteiger partial charge in [-0.15, -0.1) is 0 Å². The number of rotatable bonds is 7. The van der Waals surface area contributed by atoms with E-state index >= 15 is 0 Å². The highest BCUT2D eigenvalue weighted by Crippen LogP contribution is 2.33. The average Bonchev–Trinajstić information content (AvgIpc) is 3.08. The van der Waals surface area contributed by atoms with Crippen molar-refractivity contribution in [3.05, 3.63) is 71.4 Å². The molecule has 5 nitrogen and oxygen atoms in total. The molecule has 0 radical (unpaired) electrons. The maximum Gasteiger partial charge on any atom is 0.257 e. The van der Waals surface area contributed by atoms with Gasteiger partial charge < -0.3 is 14.6 Å². The molecule has 2 aromatic carbocycles. The van der Waals surface area contributed by atoms with Crippen molar-refractivity contribution in [3.8, 4) is 17.1 Å². The molecular weight excluding hydrogens is 340 g/mol. The van der Waals surface area contributed by atoms with Crippen molar-refractivity contribution in [3.63, 3.8) is 0 Å². The number of para-hydroxylation sites is 1. The molecule has 0 spiro atoms. The number of nitrogens with zero attached hydrogens (tertiary/aromatic N) is 1. The Hall–Kier alpha value is -3.08. The van der Waals surface area contributed by atoms with E-state index in [0.29, 0.717) is 28.3 Å². The molecule has 0 saturated heterocycles. The third-order valence-electron chi connectivity index (χ3n) is 4.53. The zero-order valence-corrected chi connectivity index (χ0v) is 15.9. The number of amides is 1. The Labute approximate surface area is 159 Å². The Morgan fingerprint density at radius 1 is 1.15 bits per heavy atom. The molecule has 3 aromatic rings. The van der Waals surface area contributed by atoms with Crippen LogP contribution in [0.5, 0.6) is 5.75 Å². The zero-order chi connectivity index (χ0) is 19.2. The minimum absolute atomic E-state index is 0.0255. The normalized spacial score (nSPS) is 11.8. The monoisotopic (exact) mass is 364 g/mol. The first-order valence-electron chi connectivity index (χ1n) is 9.04. The summed E-state index contributed by atoms with van der Waals surface area (Å²) in [6.07, 6.45) is 1.76. The van der Waals surface area contributed by atoms with E-state index < -0.39 is 0 Å². The molecule has 0 saturated carbocycles. The molecular formula is C22H24N2O3. The number of ether oxygens (including phenoxy) is 1. The first-order chi connectivity index (χ1) is 13.1. The highest BCUT2D eigenvalue weighted by molar-refractivity contribution is 6.01. The summed E-state index contributed by atoms with van der Waals surface area (Å²) in [6.45, 7) is 3.78. The molecule has 1 heterocycles. The summed E-state index contributed by atoms with van der Waals surface area (Å²) in [5.74, 6) is 0.882. The first-order valence-corrected chi connectivity index (χ1v) is 9.04. The maximum atomic E-state index is 12.9. The summed E-state index contributed by atoms with van der Waals surface area (Å²) in [4.78, 5) is 12.9. The van der Waals surface area contributed by atoms with Crippen LogP contribution in [0.25, 0.3) is 11.3 Å². The SMILES string of the molecule is COc1ccccc1-c1onc(C)c1C(=O)N[C@H](C)CCc1ccccc1. The van der Waals surface area contributed by atoms with E-state index in [0.717, 1.165) is 12.8 Å². The fourth-order valence-electron chi connectivity index (χ4n) is 3.05. The Morgan fingerprint density at radius 3 is 2.59 bits per heavy atom. The molecule has 0 unspecified atom stereocenters. The molecule has 0 bridgehead atoms. The van der Waals surface area contributed by atoms with Crippen molar-refractivity contribution >= 4 is 5.91 Å². The number of methoxy groups -OCH3 is 1. The van der Waals surface area contributed by atoms with Gasteiger partial charge in [0.1, 0.15) is 11.3 Å². The molecule has 1 atom stereocenters. The second kappa shape index (κ2) is 8.54. The second-order valence-electron chi connectivity index (χ2n) is 6.57. The minimum atomic E-state index is -0.185. The Balaban J connectivity index is 1.74. The summed E-state index contributed by atoms with van der Waals surface area (Å²) in [5.41, 5.74) is 2.98. The number of carbonyl (C=O) groups excluding carboxylic acids is 1. The number of hydrogen-bond acceptors (Lipinski definition) is 4. The molecule has 1 aromatic heterocycles. The molecule has 1 N–H and O–H groups in total. The lowest BCUT2D eigenvalue weighted by atomic mass is 10.0. The minimum Gasteiger partial charge on any atom is -0.496 e. The first kappa shape index (κ1) is 18.7. The Morgan fingerprint density at radius 2 is 1.85 bits per heavy atom. The van der Waals surface area contributed by atoms with E-state index in [9.17, 15) is 4.79 Å². The fourth-order valence-corrected chi connectivity index (χ4v) is 3.05. The average molecular weight is 364 g/mol. The van der Waals surface area contributed by atoms with Gasteiger partial charge in [-0.1, -0.05) is 47.6 Å². The van der Waals surface area contributed by atoms with E-state index in [2.05, 4.69) is 22.6 Å². The van der Waals surface area contributed by atoms with Crippen LogP contribution in [0.3, 0.4) is 0 Å². The highest BCUT2D eigenvalue weighted by atomic mass is 16.5. The molecule has 0 fully saturated rings. The molecule has 0 aliphatic rings. The van der Waals surface area contributed by atoms with Crippen LogP contribution in [0.15, 0.2) is 59.1 Å². The van der Waals surface area contributed by atoms with Crippen LogP contribution in [-0.2, 0) is 6.42 Å². The van der Waals surface area contributed by atoms with Gasteiger partial charge in [0.15, 0.2) is 5.76 Å². The number of aromatic nitrogens is 1. The lowest BCUT2D eigenvalue weighted by Gasteiger charge is -2.14. The number of nitrogens with one attached hydrogen (secondary N) is 1. The van der Waals surface area contributed by atoms with Crippen LogP contribution in [0, 0.1) is 6.92 Å². The van der Waals surface area contributed by atoms with Gasteiger partial charge in [0, 0.05) is 6.04 Å². The lowest BCUT2D eigenvalue weighted by molar-refractivity contribution is 0.0938. The quantitative estimate of drug-likeness (QED) is 0.674. The maximum absolute atomic E-state index is 12.9. The van der Waals surface area contributed by atoms with Crippen LogP contribution in [0.4, 0.5) is 0 Å². The lowest BCUT2D eigenvalue weighted by Crippen LogP contribution is -2.33. The molecule has 140 valence electrons. The van der Waals surface area contributed by atoms with E-state index in [1.807, 2.05) is 49.4 Å². The van der Waals surface area contributed by atoms with Crippen molar-refractivity contribution in [2.75, 3.05) is 7.11 Å². The molecule has 0 aliphatic carbocycles. The van der Waals surface area contributed by atoms with Crippen LogP contribution in [-0.4, -0.2) is 24.2 Å². The summed E-state index contributed by atoms with van der Waals surface area (Å²) in [5, 5.41) is 7.06. The Bertz CT molecular complexity index is 903. The van der Waals surface area contributed by atoms with Crippen LogP contribution >= 0.6 is 0 Å². The van der Waals surface area contributed by atoms with Crippen molar-refractivity contribution in [2.45, 2.75) is 32.7 Å². The second-order valence-corrected chi connectivity index (χ2v) is 6.57. The number of hydrogen-bond donors (Lipinski definition) is 1. The van der Waals surface area contributed by atoms with Gasteiger partial charge in [0.05, 0.1) is 18.4 Å². The van der Waals surface area contributed by atoms with Gasteiger partial charge in [0.25, 0.3) is 5.91 Å². The number of carbonyl (C=O) groups is 1. The van der Waals surface area contributed by atoms with Crippen molar-refractivity contribution in [1.29, 1.82) is 0 Å². The van der Waals surface area contributed by atoms with Crippen LogP contribution < -0.4 is 10.1 Å². The largest absolute Gasteiger partial charge is 0.496 e. The standard InChI is InChI=1S/C22H24N2O3/c1-15(13-14-17-9-5-4-6-10-17)23-22(25)20-16(2)24-27-21(20)18-11-7-8-12-19(18)26-3/h4-12,15H,13-14H2,1-3H3,(H,23,25)/t15-/m1/s1. The molecule has 0 aliphatic heterocycles. The predicted molar refractivity (Wildman–Crippen MR) is 105 cm³/mol. The summed E-state index contributed by atoms with van der Waals surface area (Å²) < 4.78 is 10.9. The molecule has 1 amide bonds. The zero-order valence-electron chi connectivity index (χ0n) is 15.9. The van der Waals surface area contributed by atoms with Gasteiger partial charge in [-0.2, -0.15) is 0 Å². The third kappa shape index (κ3) is 4.37. The summed E-state index contributed by atoms with van der Waals surface area (Å²) >= 11 is 0. The number of aryl methyl sites for hydroxylation is 2. The van der Waals surface area contributed by atoms with Crippen LogP contribution in [0.1, 0.15) is 35.0 Å². The Kier molecular flexibility index (Phi) is 5.91. The van der Waals surface area contributed by atoms with Crippen molar-refractivity contribution < 1.29 is 14.1 Å². The number of benzene rings is 2. The van der Waals surface area contributed by atoms with E-state index in [4.69, 9.17) is 9.26 Å². The highest BCUT2D eigenvalue weighted by Gasteiger charge is 2.24. The van der Waals surface area contributed by atoms with Gasteiger partial charge in [-0.3, -0.25) is 4.79 Å². The molecule has 5 heteroatoms. The molecule has 3 rings (SSSR count). The van der Waals surface area contributed by atoms with E-state index in [1.54, 1.807) is 14.0 Å². The van der Waals surface area contributed by atoms with Gasteiger partial charge in [0.2, 0.25) is 0 Å². The van der Waals surface area contributed by atoms with Gasteiger partial charge in [-0.25, -0.2) is 0 Å². The molecule has 27 heavy (non-hydrogen) atoms. The predicted octanol–water partition coefficient (Wildman–Crippen LogP) is 4.41. The third-order valence-corrected chi connectivity index (χ3v) is 4.53. The summed E-state index contributed by atoms with van der Waals surface area (Å²) in [7, 11) is 1.59. The smallest absolute Gasteiger partial charge is 0.257 e. The van der Waals surface area contributed by atoms with E-state index in [1.165, 1.54) is 5.56 Å². The fraction of sp³-hybridized carbons (Fsp3) is 0.273. The summed E-state index contributed by atoms with van der Waals surface area (Å²) in [6, 6.07) is 17.7. The van der Waals surface area contributed by atoms with Gasteiger partial charge in [-0.05, 0) is 44.4 Å². The topological polar surface area (TPSA) is 64.4 Å². The van der Waals surface area contributed by atoms with Crippen molar-refractivity contribution in [1.82, 2.24) is 10.5 Å². The van der Waals surface area contributed by atoms with E-state index in [-0.39, 0.29) is 11.9 Å². The van der Waals surface area contributed by atoms with Gasteiger partial charge >= 0.3 is 0 Å². The van der Waals surface area contributed by atoms with Crippen LogP contribution in [0.2, 0.25) is 0 Å².